The number of aliphatic hydroxyl groups excluding tert-OH is 1. The lowest BCUT2D eigenvalue weighted by molar-refractivity contribution is -0.132. The Balaban J connectivity index is 3.91. The highest BCUT2D eigenvalue weighted by atomic mass is 16.5. The molecule has 0 fully saturated rings. The molecule has 15 heavy (non-hydrogen) atoms. The molecule has 0 radical (unpaired) electrons. The molecule has 0 aliphatic heterocycles. The van der Waals surface area contributed by atoms with Crippen LogP contribution in [0, 0.1) is 5.92 Å². The molecule has 0 spiro atoms. The lowest BCUT2D eigenvalue weighted by atomic mass is 10.1. The Bertz CT molecular complexity index is 173. The Kier molecular flexibility index (Phi) is 8.33. The quantitative estimate of drug-likeness (QED) is 0.657. The molecule has 0 rings (SSSR count). The van der Waals surface area contributed by atoms with E-state index in [-0.39, 0.29) is 18.4 Å². The van der Waals surface area contributed by atoms with Crippen LogP contribution in [0.5, 0.6) is 0 Å². The number of amides is 1. The number of carbonyl (C=O) groups is 1. The fraction of sp³-hybridized carbons (Fsp3) is 0.909. The van der Waals surface area contributed by atoms with E-state index in [0.29, 0.717) is 32.5 Å². The van der Waals surface area contributed by atoms with Gasteiger partial charge in [0.1, 0.15) is 0 Å². The summed E-state index contributed by atoms with van der Waals surface area (Å²) in [6.45, 7) is 6.06. The first kappa shape index (κ1) is 14.4. The van der Waals surface area contributed by atoms with Crippen LogP contribution in [-0.4, -0.2) is 49.3 Å². The molecule has 1 unspecified atom stereocenters. The predicted molar refractivity (Wildman–Crippen MR) is 59.6 cm³/mol. The summed E-state index contributed by atoms with van der Waals surface area (Å²) in [5.74, 6) is 0.404. The van der Waals surface area contributed by atoms with Gasteiger partial charge in [0.15, 0.2) is 0 Å². The lowest BCUT2D eigenvalue weighted by Crippen LogP contribution is -2.33. The Morgan fingerprint density at radius 2 is 2.20 bits per heavy atom. The summed E-state index contributed by atoms with van der Waals surface area (Å²) in [5.41, 5.74) is 0. The molecule has 0 aliphatic rings. The molecule has 0 saturated heterocycles. The third-order valence-electron chi connectivity index (χ3n) is 2.29. The minimum atomic E-state index is 0.136. The standard InChI is InChI=1S/C11H23NO3/c1-4-12(6-5-7-13)11(14)8-10(2)9-15-3/h10,13H,4-9H2,1-3H3. The van der Waals surface area contributed by atoms with Crippen molar-refractivity contribution >= 4 is 5.91 Å². The smallest absolute Gasteiger partial charge is 0.222 e. The summed E-state index contributed by atoms with van der Waals surface area (Å²) in [4.78, 5) is 13.5. The number of rotatable bonds is 8. The van der Waals surface area contributed by atoms with Crippen molar-refractivity contribution in [2.75, 3.05) is 33.4 Å². The number of methoxy groups -OCH3 is 1. The highest BCUT2D eigenvalue weighted by molar-refractivity contribution is 5.76. The first-order valence-corrected chi connectivity index (χ1v) is 5.53. The third kappa shape index (κ3) is 6.47. The molecule has 0 aromatic heterocycles. The van der Waals surface area contributed by atoms with Crippen molar-refractivity contribution in [2.24, 2.45) is 5.92 Å². The van der Waals surface area contributed by atoms with E-state index in [2.05, 4.69) is 0 Å². The maximum absolute atomic E-state index is 11.8. The molecule has 1 N–H and O–H groups in total. The summed E-state index contributed by atoms with van der Waals surface area (Å²) in [5, 5.41) is 8.70. The topological polar surface area (TPSA) is 49.8 Å². The molecular formula is C11H23NO3. The molecule has 1 amide bonds. The summed E-state index contributed by atoms with van der Waals surface area (Å²) in [6.07, 6.45) is 1.17. The first-order valence-electron chi connectivity index (χ1n) is 5.53. The molecule has 1 atom stereocenters. The number of hydrogen-bond donors (Lipinski definition) is 1. The summed E-state index contributed by atoms with van der Waals surface area (Å²) in [7, 11) is 1.64. The van der Waals surface area contributed by atoms with Crippen LogP contribution in [0.25, 0.3) is 0 Å². The number of ether oxygens (including phenoxy) is 1. The summed E-state index contributed by atoms with van der Waals surface area (Å²) >= 11 is 0. The molecule has 4 nitrogen and oxygen atoms in total. The molecule has 0 heterocycles. The minimum absolute atomic E-state index is 0.136. The maximum Gasteiger partial charge on any atom is 0.222 e. The van der Waals surface area contributed by atoms with E-state index in [1.54, 1.807) is 12.0 Å². The van der Waals surface area contributed by atoms with Gasteiger partial charge in [-0.15, -0.1) is 0 Å². The zero-order chi connectivity index (χ0) is 11.7. The van der Waals surface area contributed by atoms with Gasteiger partial charge in [0.05, 0.1) is 0 Å². The zero-order valence-electron chi connectivity index (χ0n) is 10.0. The van der Waals surface area contributed by atoms with E-state index < -0.39 is 0 Å². The second-order valence-electron chi connectivity index (χ2n) is 3.82. The number of carbonyl (C=O) groups excluding carboxylic acids is 1. The van der Waals surface area contributed by atoms with Crippen molar-refractivity contribution in [3.63, 3.8) is 0 Å². The molecule has 0 saturated carbocycles. The summed E-state index contributed by atoms with van der Waals surface area (Å²) < 4.78 is 4.99. The van der Waals surface area contributed by atoms with Gasteiger partial charge >= 0.3 is 0 Å². The van der Waals surface area contributed by atoms with Crippen molar-refractivity contribution in [1.82, 2.24) is 4.90 Å². The molecular weight excluding hydrogens is 194 g/mol. The monoisotopic (exact) mass is 217 g/mol. The van der Waals surface area contributed by atoms with Crippen LogP contribution >= 0.6 is 0 Å². The molecule has 0 aromatic rings. The van der Waals surface area contributed by atoms with E-state index in [9.17, 15) is 4.79 Å². The van der Waals surface area contributed by atoms with Gasteiger partial charge in [-0.2, -0.15) is 0 Å². The highest BCUT2D eigenvalue weighted by Crippen LogP contribution is 2.06. The average molecular weight is 217 g/mol. The molecule has 0 bridgehead atoms. The third-order valence-corrected chi connectivity index (χ3v) is 2.29. The van der Waals surface area contributed by atoms with Crippen molar-refractivity contribution in [2.45, 2.75) is 26.7 Å². The second-order valence-corrected chi connectivity index (χ2v) is 3.82. The Hall–Kier alpha value is -0.610. The highest BCUT2D eigenvalue weighted by Gasteiger charge is 2.14. The molecule has 4 heteroatoms. The minimum Gasteiger partial charge on any atom is -0.396 e. The van der Waals surface area contributed by atoms with Crippen molar-refractivity contribution in [3.8, 4) is 0 Å². The average Bonchev–Trinajstić information content (AvgIpc) is 2.19. The van der Waals surface area contributed by atoms with Crippen LogP contribution < -0.4 is 0 Å². The van der Waals surface area contributed by atoms with Crippen LogP contribution in [0.15, 0.2) is 0 Å². The van der Waals surface area contributed by atoms with Gasteiger partial charge in [0, 0.05) is 39.8 Å². The van der Waals surface area contributed by atoms with Crippen LogP contribution in [-0.2, 0) is 9.53 Å². The summed E-state index contributed by atoms with van der Waals surface area (Å²) in [6, 6.07) is 0. The van der Waals surface area contributed by atoms with Gasteiger partial charge in [0.25, 0.3) is 0 Å². The van der Waals surface area contributed by atoms with Crippen molar-refractivity contribution in [1.29, 1.82) is 0 Å². The zero-order valence-corrected chi connectivity index (χ0v) is 10.0. The van der Waals surface area contributed by atoms with E-state index in [1.165, 1.54) is 0 Å². The normalized spacial score (nSPS) is 12.5. The van der Waals surface area contributed by atoms with Crippen LogP contribution in [0.1, 0.15) is 26.7 Å². The van der Waals surface area contributed by atoms with E-state index in [0.717, 1.165) is 0 Å². The van der Waals surface area contributed by atoms with Crippen LogP contribution in [0.3, 0.4) is 0 Å². The molecule has 0 aliphatic carbocycles. The first-order chi connectivity index (χ1) is 7.15. The Labute approximate surface area is 92.2 Å². The van der Waals surface area contributed by atoms with Crippen molar-refractivity contribution in [3.05, 3.63) is 0 Å². The molecule has 0 aromatic carbocycles. The van der Waals surface area contributed by atoms with Gasteiger partial charge in [-0.25, -0.2) is 0 Å². The van der Waals surface area contributed by atoms with E-state index in [1.807, 2.05) is 13.8 Å². The lowest BCUT2D eigenvalue weighted by Gasteiger charge is -2.22. The van der Waals surface area contributed by atoms with E-state index >= 15 is 0 Å². The Morgan fingerprint density at radius 1 is 1.53 bits per heavy atom. The second kappa shape index (κ2) is 8.68. The van der Waals surface area contributed by atoms with Gasteiger partial charge in [0.2, 0.25) is 5.91 Å². The van der Waals surface area contributed by atoms with Gasteiger partial charge in [-0.1, -0.05) is 6.92 Å². The fourth-order valence-corrected chi connectivity index (χ4v) is 1.49. The van der Waals surface area contributed by atoms with Gasteiger partial charge in [-0.05, 0) is 19.3 Å². The number of hydrogen-bond acceptors (Lipinski definition) is 3. The Morgan fingerprint density at radius 3 is 2.67 bits per heavy atom. The number of aliphatic hydroxyl groups is 1. The number of nitrogens with zero attached hydrogens (tertiary/aromatic N) is 1. The predicted octanol–water partition coefficient (Wildman–Crippen LogP) is 0.890. The maximum atomic E-state index is 11.8. The van der Waals surface area contributed by atoms with Crippen LogP contribution in [0.4, 0.5) is 0 Å². The largest absolute Gasteiger partial charge is 0.396 e. The van der Waals surface area contributed by atoms with Gasteiger partial charge in [-0.3, -0.25) is 4.79 Å². The SMILES string of the molecule is CCN(CCCO)C(=O)CC(C)COC. The van der Waals surface area contributed by atoms with Crippen LogP contribution in [0.2, 0.25) is 0 Å². The van der Waals surface area contributed by atoms with E-state index in [4.69, 9.17) is 9.84 Å². The molecule has 90 valence electrons. The fourth-order valence-electron chi connectivity index (χ4n) is 1.49. The van der Waals surface area contributed by atoms with Gasteiger partial charge < -0.3 is 14.7 Å². The van der Waals surface area contributed by atoms with Crippen molar-refractivity contribution < 1.29 is 14.6 Å².